The highest BCUT2D eigenvalue weighted by atomic mass is 16.2. The summed E-state index contributed by atoms with van der Waals surface area (Å²) in [5.74, 6) is -0.496. The topological polar surface area (TPSA) is 123 Å². The molecule has 6 N–H and O–H groups in total. The van der Waals surface area contributed by atoms with E-state index in [0.717, 1.165) is 5.56 Å². The van der Waals surface area contributed by atoms with Gasteiger partial charge in [-0.3, -0.25) is 10.2 Å². The Morgan fingerprint density at radius 3 is 2.28 bits per heavy atom. The second kappa shape index (κ2) is 9.65. The third-order valence-corrected chi connectivity index (χ3v) is 5.70. The summed E-state index contributed by atoms with van der Waals surface area (Å²) >= 11 is 0. The second-order valence-electron chi connectivity index (χ2n) is 8.20. The Balaban J connectivity index is 1.73. The van der Waals surface area contributed by atoms with Gasteiger partial charge in [0.2, 0.25) is 0 Å². The SMILES string of the molecule is CNC[C@@H](NC(=O)N1CC(C(=N)NC(=O)c2ccccc2)=C(N)C1(C)C)c1ccccc1. The monoisotopic (exact) mass is 434 g/mol. The molecule has 0 aliphatic carbocycles. The number of hydrogen-bond acceptors (Lipinski definition) is 5. The van der Waals surface area contributed by atoms with Crippen molar-refractivity contribution >= 4 is 17.8 Å². The van der Waals surface area contributed by atoms with Gasteiger partial charge in [-0.1, -0.05) is 48.5 Å². The molecule has 0 saturated carbocycles. The molecule has 2 aromatic carbocycles. The lowest BCUT2D eigenvalue weighted by molar-refractivity contribution is 0.0977. The van der Waals surface area contributed by atoms with Crippen LogP contribution >= 0.6 is 0 Å². The van der Waals surface area contributed by atoms with E-state index >= 15 is 0 Å². The van der Waals surface area contributed by atoms with E-state index in [1.54, 1.807) is 29.2 Å². The number of rotatable bonds is 6. The molecule has 1 aliphatic rings. The fraction of sp³-hybridized carbons (Fsp3) is 0.292. The molecule has 1 atom stereocenters. The Kier molecular flexibility index (Phi) is 6.95. The van der Waals surface area contributed by atoms with Crippen LogP contribution in [-0.4, -0.2) is 48.3 Å². The Bertz CT molecular complexity index is 1020. The lowest BCUT2D eigenvalue weighted by Gasteiger charge is -2.34. The van der Waals surface area contributed by atoms with Gasteiger partial charge in [-0.2, -0.15) is 0 Å². The molecule has 1 heterocycles. The zero-order valence-electron chi connectivity index (χ0n) is 18.6. The summed E-state index contributed by atoms with van der Waals surface area (Å²) in [6.45, 7) is 4.34. The van der Waals surface area contributed by atoms with Crippen molar-refractivity contribution in [3.05, 3.63) is 83.1 Å². The average Bonchev–Trinajstić information content (AvgIpc) is 3.03. The van der Waals surface area contributed by atoms with E-state index in [1.165, 1.54) is 0 Å². The van der Waals surface area contributed by atoms with E-state index in [-0.39, 0.29) is 24.5 Å². The Morgan fingerprint density at radius 2 is 1.69 bits per heavy atom. The lowest BCUT2D eigenvalue weighted by Crippen LogP contribution is -2.52. The van der Waals surface area contributed by atoms with Gasteiger partial charge in [0.25, 0.3) is 5.91 Å². The van der Waals surface area contributed by atoms with Crippen LogP contribution in [0.5, 0.6) is 0 Å². The minimum atomic E-state index is -0.815. The molecule has 0 unspecified atom stereocenters. The Morgan fingerprint density at radius 1 is 1.09 bits per heavy atom. The number of nitrogens with one attached hydrogen (secondary N) is 4. The van der Waals surface area contributed by atoms with Gasteiger partial charge >= 0.3 is 6.03 Å². The number of nitrogens with zero attached hydrogens (tertiary/aromatic N) is 1. The molecule has 8 heteroatoms. The van der Waals surface area contributed by atoms with E-state index in [2.05, 4.69) is 16.0 Å². The van der Waals surface area contributed by atoms with Crippen molar-refractivity contribution in [3.63, 3.8) is 0 Å². The first-order valence-electron chi connectivity index (χ1n) is 10.5. The highest BCUT2D eigenvalue weighted by Crippen LogP contribution is 2.32. The number of carbonyl (C=O) groups excluding carboxylic acids is 2. The highest BCUT2D eigenvalue weighted by Gasteiger charge is 2.43. The number of amidine groups is 1. The Hall–Kier alpha value is -3.65. The molecule has 0 spiro atoms. The largest absolute Gasteiger partial charge is 0.400 e. The van der Waals surface area contributed by atoms with E-state index < -0.39 is 11.4 Å². The number of hydrogen-bond donors (Lipinski definition) is 5. The van der Waals surface area contributed by atoms with Crippen LogP contribution in [0.25, 0.3) is 0 Å². The van der Waals surface area contributed by atoms with Crippen LogP contribution < -0.4 is 21.7 Å². The first kappa shape index (κ1) is 23.0. The van der Waals surface area contributed by atoms with Crippen molar-refractivity contribution in [3.8, 4) is 0 Å². The van der Waals surface area contributed by atoms with Crippen molar-refractivity contribution in [1.82, 2.24) is 20.9 Å². The maximum Gasteiger partial charge on any atom is 0.318 e. The average molecular weight is 435 g/mol. The van der Waals surface area contributed by atoms with Crippen molar-refractivity contribution in [1.29, 1.82) is 5.41 Å². The maximum atomic E-state index is 13.2. The summed E-state index contributed by atoms with van der Waals surface area (Å²) in [5, 5.41) is 17.2. The third-order valence-electron chi connectivity index (χ3n) is 5.70. The minimum Gasteiger partial charge on any atom is -0.400 e. The number of carbonyl (C=O) groups is 2. The molecule has 0 aromatic heterocycles. The zero-order chi connectivity index (χ0) is 23.3. The van der Waals surface area contributed by atoms with E-state index in [9.17, 15) is 9.59 Å². The molecule has 0 fully saturated rings. The van der Waals surface area contributed by atoms with Crippen LogP contribution in [-0.2, 0) is 0 Å². The molecule has 0 bridgehead atoms. The predicted molar refractivity (Wildman–Crippen MR) is 125 cm³/mol. The molecule has 3 amide bonds. The summed E-state index contributed by atoms with van der Waals surface area (Å²) < 4.78 is 0. The van der Waals surface area contributed by atoms with Crippen molar-refractivity contribution in [2.45, 2.75) is 25.4 Å². The Labute approximate surface area is 188 Å². The summed E-state index contributed by atoms with van der Waals surface area (Å²) in [5.41, 5.74) is 7.78. The van der Waals surface area contributed by atoms with E-state index in [1.807, 2.05) is 57.3 Å². The molecule has 3 rings (SSSR count). The first-order valence-corrected chi connectivity index (χ1v) is 10.5. The summed E-state index contributed by atoms with van der Waals surface area (Å²) in [6.07, 6.45) is 0. The van der Waals surface area contributed by atoms with Gasteiger partial charge in [-0.05, 0) is 38.6 Å². The summed E-state index contributed by atoms with van der Waals surface area (Å²) in [6, 6.07) is 17.9. The predicted octanol–water partition coefficient (Wildman–Crippen LogP) is 2.37. The smallest absolute Gasteiger partial charge is 0.318 e. The van der Waals surface area contributed by atoms with Gasteiger partial charge in [0.1, 0.15) is 5.84 Å². The fourth-order valence-corrected chi connectivity index (χ4v) is 3.71. The van der Waals surface area contributed by atoms with Crippen LogP contribution in [0, 0.1) is 5.41 Å². The summed E-state index contributed by atoms with van der Waals surface area (Å²) in [4.78, 5) is 27.3. The van der Waals surface area contributed by atoms with Gasteiger partial charge in [-0.15, -0.1) is 0 Å². The van der Waals surface area contributed by atoms with Crippen LogP contribution in [0.4, 0.5) is 4.79 Å². The fourth-order valence-electron chi connectivity index (χ4n) is 3.71. The van der Waals surface area contributed by atoms with Crippen molar-refractivity contribution in [2.75, 3.05) is 20.1 Å². The lowest BCUT2D eigenvalue weighted by atomic mass is 10.00. The van der Waals surface area contributed by atoms with Gasteiger partial charge in [0.05, 0.1) is 18.1 Å². The molecule has 168 valence electrons. The van der Waals surface area contributed by atoms with Crippen LogP contribution in [0.1, 0.15) is 35.8 Å². The molecule has 2 aromatic rings. The number of amides is 3. The van der Waals surface area contributed by atoms with Crippen LogP contribution in [0.15, 0.2) is 71.9 Å². The number of benzene rings is 2. The molecule has 32 heavy (non-hydrogen) atoms. The minimum absolute atomic E-state index is 0.102. The van der Waals surface area contributed by atoms with Crippen molar-refractivity contribution in [2.24, 2.45) is 5.73 Å². The van der Waals surface area contributed by atoms with Crippen LogP contribution in [0.3, 0.4) is 0 Å². The molecular formula is C24H30N6O2. The standard InChI is InChI=1S/C24H30N6O2/c1-24(2)20(25)18(21(26)29-22(31)17-12-8-5-9-13-17)15-30(24)23(32)28-19(14-27-3)16-10-6-4-7-11-16/h4-13,19,27H,14-15,25H2,1-3H3,(H,28,32)(H2,26,29,31)/t19-/m1/s1. The number of likely N-dealkylation sites (N-methyl/N-ethyl adjacent to an activating group) is 1. The quantitative estimate of drug-likeness (QED) is 0.354. The molecule has 0 saturated heterocycles. The highest BCUT2D eigenvalue weighted by molar-refractivity contribution is 6.12. The molecule has 8 nitrogen and oxygen atoms in total. The maximum absolute atomic E-state index is 13.2. The van der Waals surface area contributed by atoms with Gasteiger partial charge in [0.15, 0.2) is 0 Å². The van der Waals surface area contributed by atoms with E-state index in [4.69, 9.17) is 11.1 Å². The number of urea groups is 1. The second-order valence-corrected chi connectivity index (χ2v) is 8.20. The normalized spacial score (nSPS) is 15.9. The zero-order valence-corrected chi connectivity index (χ0v) is 18.6. The first-order chi connectivity index (χ1) is 15.3. The summed E-state index contributed by atoms with van der Waals surface area (Å²) in [7, 11) is 1.83. The van der Waals surface area contributed by atoms with E-state index in [0.29, 0.717) is 23.4 Å². The van der Waals surface area contributed by atoms with Gasteiger partial charge in [-0.25, -0.2) is 4.79 Å². The molecular weight excluding hydrogens is 404 g/mol. The van der Waals surface area contributed by atoms with Crippen LogP contribution in [0.2, 0.25) is 0 Å². The van der Waals surface area contributed by atoms with Gasteiger partial charge < -0.3 is 26.6 Å². The number of nitrogens with two attached hydrogens (primary N) is 1. The third kappa shape index (κ3) is 4.81. The van der Waals surface area contributed by atoms with Crippen molar-refractivity contribution < 1.29 is 9.59 Å². The molecule has 0 radical (unpaired) electrons. The van der Waals surface area contributed by atoms with Gasteiger partial charge in [0, 0.05) is 23.4 Å². The molecule has 1 aliphatic heterocycles.